The molecule has 2 aliphatic heterocycles. The van der Waals surface area contributed by atoms with Gasteiger partial charge in [0.2, 0.25) is 5.91 Å². The van der Waals surface area contributed by atoms with Crippen LogP contribution in [0, 0.1) is 0 Å². The highest BCUT2D eigenvalue weighted by Crippen LogP contribution is 2.41. The van der Waals surface area contributed by atoms with E-state index >= 15 is 0 Å². The third-order valence-electron chi connectivity index (χ3n) is 3.15. The van der Waals surface area contributed by atoms with Gasteiger partial charge in [-0.2, -0.15) is 5.21 Å². The first-order valence-corrected chi connectivity index (χ1v) is 7.50. The van der Waals surface area contributed by atoms with Gasteiger partial charge < -0.3 is 10.4 Å². The molecule has 0 spiro atoms. The van der Waals surface area contributed by atoms with E-state index in [4.69, 9.17) is 16.7 Å². The molecule has 1 fully saturated rings. The highest BCUT2D eigenvalue weighted by molar-refractivity contribution is 8.00. The lowest BCUT2D eigenvalue weighted by Gasteiger charge is -2.48. The number of aromatic nitrogens is 4. The minimum absolute atomic E-state index is 0.110. The van der Waals surface area contributed by atoms with E-state index in [0.29, 0.717) is 0 Å². The fourth-order valence-corrected chi connectivity index (χ4v) is 3.76. The molecule has 12 heteroatoms. The molecule has 1 aromatic rings. The van der Waals surface area contributed by atoms with Crippen LogP contribution in [0.4, 0.5) is 0 Å². The van der Waals surface area contributed by atoms with Crippen molar-refractivity contribution >= 4 is 41.1 Å². The van der Waals surface area contributed by atoms with E-state index in [0.717, 1.165) is 4.90 Å². The van der Waals surface area contributed by atoms with E-state index in [-0.39, 0.29) is 28.7 Å². The number of rotatable bonds is 4. The molecule has 116 valence electrons. The molecule has 0 saturated carbocycles. The summed E-state index contributed by atoms with van der Waals surface area (Å²) in [5.41, 5.74) is -0.223. The number of carbonyl (C=O) groups is 3. The first-order valence-electron chi connectivity index (χ1n) is 6.07. The Balaban J connectivity index is 1.68. The third kappa shape index (κ3) is 2.41. The number of carbonyl (C=O) groups excluding carboxylic acids is 2. The second-order valence-electron chi connectivity index (χ2n) is 4.52. The van der Waals surface area contributed by atoms with Crippen molar-refractivity contribution in [3.05, 3.63) is 16.6 Å². The Bertz CT molecular complexity index is 677. The van der Waals surface area contributed by atoms with Crippen LogP contribution in [0.2, 0.25) is 0 Å². The number of halogens is 1. The van der Waals surface area contributed by atoms with E-state index in [1.165, 1.54) is 11.8 Å². The Hall–Kier alpha value is -2.14. The van der Waals surface area contributed by atoms with Crippen LogP contribution in [-0.4, -0.2) is 65.6 Å². The number of carboxylic acid groups (broad SMARTS) is 1. The third-order valence-corrected chi connectivity index (χ3v) is 4.90. The van der Waals surface area contributed by atoms with Crippen molar-refractivity contribution in [3.63, 3.8) is 0 Å². The highest BCUT2D eigenvalue weighted by Gasteiger charge is 2.54. The number of aliphatic carboxylic acids is 1. The number of hydrogen-bond acceptors (Lipinski definition) is 7. The first kappa shape index (κ1) is 14.8. The molecule has 10 nitrogen and oxygen atoms in total. The number of nitrogens with one attached hydrogen (secondary N) is 2. The normalized spacial score (nSPS) is 23.9. The van der Waals surface area contributed by atoms with Crippen molar-refractivity contribution in [2.75, 3.05) is 5.75 Å². The second-order valence-corrected chi connectivity index (χ2v) is 6.08. The molecule has 0 aromatic carbocycles. The number of amides is 2. The van der Waals surface area contributed by atoms with Gasteiger partial charge in [0, 0.05) is 5.75 Å². The average Bonchev–Trinajstić information content (AvgIpc) is 2.97. The summed E-state index contributed by atoms with van der Waals surface area (Å²) in [5.74, 6) is -1.74. The molecule has 3 N–H and O–H groups in total. The summed E-state index contributed by atoms with van der Waals surface area (Å²) in [7, 11) is 0. The zero-order chi connectivity index (χ0) is 15.9. The molecule has 2 aliphatic rings. The van der Waals surface area contributed by atoms with Crippen LogP contribution < -0.4 is 5.32 Å². The second kappa shape index (κ2) is 5.57. The summed E-state index contributed by atoms with van der Waals surface area (Å²) >= 11 is 7.15. The smallest absolute Gasteiger partial charge is 0.353 e. The summed E-state index contributed by atoms with van der Waals surface area (Å²) in [4.78, 5) is 36.2. The van der Waals surface area contributed by atoms with Crippen molar-refractivity contribution in [1.82, 2.24) is 30.8 Å². The molecule has 2 atom stereocenters. The largest absolute Gasteiger partial charge is 0.477 e. The molecule has 2 amide bonds. The van der Waals surface area contributed by atoms with E-state index in [1.807, 2.05) is 0 Å². The molecule has 1 saturated heterocycles. The molecular formula is C10H9ClN6O4S. The van der Waals surface area contributed by atoms with E-state index in [2.05, 4.69) is 25.9 Å². The molecule has 0 radical (unpaired) electrons. The fraction of sp³-hybridized carbons (Fsp3) is 0.400. The summed E-state index contributed by atoms with van der Waals surface area (Å²) in [6.07, 6.45) is -0.125. The predicted molar refractivity (Wildman–Crippen MR) is 73.4 cm³/mol. The van der Waals surface area contributed by atoms with Crippen molar-refractivity contribution in [1.29, 1.82) is 0 Å². The lowest BCUT2D eigenvalue weighted by molar-refractivity contribution is -0.150. The maximum absolute atomic E-state index is 12.1. The summed E-state index contributed by atoms with van der Waals surface area (Å²) in [5, 5.41) is 24.1. The molecule has 1 aromatic heterocycles. The van der Waals surface area contributed by atoms with Crippen LogP contribution in [0.15, 0.2) is 10.7 Å². The van der Waals surface area contributed by atoms with Gasteiger partial charge >= 0.3 is 5.97 Å². The van der Waals surface area contributed by atoms with E-state index < -0.39 is 29.2 Å². The summed E-state index contributed by atoms with van der Waals surface area (Å²) in [6.45, 7) is 0. The SMILES string of the molecule is O=C(Cc1nn[nH]n1)NC1C(=O)N2C(C(=O)O)=C(Cl)CS[C@@H]12. The topological polar surface area (TPSA) is 141 Å². The number of aromatic amines is 1. The Morgan fingerprint density at radius 2 is 2.32 bits per heavy atom. The number of hydrogen-bond donors (Lipinski definition) is 3. The zero-order valence-electron chi connectivity index (χ0n) is 10.8. The average molecular weight is 345 g/mol. The molecule has 0 bridgehead atoms. The van der Waals surface area contributed by atoms with Gasteiger partial charge in [-0.1, -0.05) is 16.8 Å². The number of carboxylic acids is 1. The monoisotopic (exact) mass is 344 g/mol. The summed E-state index contributed by atoms with van der Waals surface area (Å²) in [6, 6.07) is -0.788. The lowest BCUT2D eigenvalue weighted by Crippen LogP contribution is -2.70. The predicted octanol–water partition coefficient (Wildman–Crippen LogP) is -1.32. The van der Waals surface area contributed by atoms with Crippen molar-refractivity contribution in [2.24, 2.45) is 0 Å². The molecule has 0 aliphatic carbocycles. The van der Waals surface area contributed by atoms with Gasteiger partial charge in [0.05, 0.1) is 11.5 Å². The Morgan fingerprint density at radius 3 is 2.95 bits per heavy atom. The quantitative estimate of drug-likeness (QED) is 0.571. The number of tetrazole rings is 1. The van der Waals surface area contributed by atoms with Crippen LogP contribution >= 0.6 is 23.4 Å². The minimum Gasteiger partial charge on any atom is -0.477 e. The highest BCUT2D eigenvalue weighted by atomic mass is 35.5. The minimum atomic E-state index is -1.26. The molecule has 22 heavy (non-hydrogen) atoms. The van der Waals surface area contributed by atoms with E-state index in [9.17, 15) is 14.4 Å². The van der Waals surface area contributed by atoms with Gasteiger partial charge in [-0.15, -0.1) is 22.0 Å². The number of H-pyrrole nitrogens is 1. The van der Waals surface area contributed by atoms with Gasteiger partial charge in [0.1, 0.15) is 17.1 Å². The number of fused-ring (bicyclic) bond motifs is 1. The lowest BCUT2D eigenvalue weighted by atomic mass is 10.0. The molecular weight excluding hydrogens is 336 g/mol. The number of β-lactam (4-membered cyclic amide) rings is 1. The van der Waals surface area contributed by atoms with Crippen LogP contribution in [-0.2, 0) is 20.8 Å². The maximum Gasteiger partial charge on any atom is 0.353 e. The van der Waals surface area contributed by atoms with Crippen molar-refractivity contribution in [3.8, 4) is 0 Å². The Morgan fingerprint density at radius 1 is 1.55 bits per heavy atom. The standard InChI is InChI=1S/C10H9ClN6O4S/c11-3-2-22-9-6(8(19)17(9)7(3)10(20)21)12-5(18)1-4-13-15-16-14-4/h6,9H,1-2H2,(H,12,18)(H,20,21)(H,13,14,15,16)/t6?,9-/m0/s1. The van der Waals surface area contributed by atoms with Crippen LogP contribution in [0.25, 0.3) is 0 Å². The van der Waals surface area contributed by atoms with E-state index in [1.54, 1.807) is 0 Å². The van der Waals surface area contributed by atoms with Gasteiger partial charge in [-0.05, 0) is 0 Å². The maximum atomic E-state index is 12.1. The van der Waals surface area contributed by atoms with Crippen LogP contribution in [0.1, 0.15) is 5.82 Å². The number of thioether (sulfide) groups is 1. The zero-order valence-corrected chi connectivity index (χ0v) is 12.4. The first-order chi connectivity index (χ1) is 10.5. The van der Waals surface area contributed by atoms with Crippen LogP contribution in [0.3, 0.4) is 0 Å². The van der Waals surface area contributed by atoms with Crippen molar-refractivity contribution < 1.29 is 19.5 Å². The fourth-order valence-electron chi connectivity index (χ4n) is 2.21. The molecule has 1 unspecified atom stereocenters. The molecule has 3 heterocycles. The molecule has 3 rings (SSSR count). The van der Waals surface area contributed by atoms with Crippen molar-refractivity contribution in [2.45, 2.75) is 17.8 Å². The van der Waals surface area contributed by atoms with Gasteiger partial charge in [-0.3, -0.25) is 14.5 Å². The van der Waals surface area contributed by atoms with Crippen LogP contribution in [0.5, 0.6) is 0 Å². The number of nitrogens with zero attached hydrogens (tertiary/aromatic N) is 4. The Labute approximate surface area is 132 Å². The van der Waals surface area contributed by atoms with Gasteiger partial charge in [0.25, 0.3) is 5.91 Å². The summed E-state index contributed by atoms with van der Waals surface area (Å²) < 4.78 is 0. The Kier molecular flexibility index (Phi) is 3.74. The van der Waals surface area contributed by atoms with Gasteiger partial charge in [0.15, 0.2) is 5.82 Å². The van der Waals surface area contributed by atoms with Gasteiger partial charge in [-0.25, -0.2) is 4.79 Å².